The lowest BCUT2D eigenvalue weighted by molar-refractivity contribution is -0.108. The lowest BCUT2D eigenvalue weighted by Crippen LogP contribution is -2.56. The van der Waals surface area contributed by atoms with Crippen LogP contribution in [0.15, 0.2) is 12.1 Å². The molecule has 120 valence electrons. The first-order valence-electron chi connectivity index (χ1n) is 7.95. The van der Waals surface area contributed by atoms with Crippen LogP contribution >= 0.6 is 0 Å². The fourth-order valence-electron chi connectivity index (χ4n) is 3.49. The van der Waals surface area contributed by atoms with E-state index in [1.165, 1.54) is 0 Å². The first-order valence-corrected chi connectivity index (χ1v) is 7.95. The van der Waals surface area contributed by atoms with Crippen LogP contribution in [0, 0.1) is 0 Å². The van der Waals surface area contributed by atoms with Gasteiger partial charge in [0.15, 0.2) is 0 Å². The van der Waals surface area contributed by atoms with Crippen molar-refractivity contribution in [1.82, 2.24) is 0 Å². The van der Waals surface area contributed by atoms with E-state index >= 15 is 0 Å². The summed E-state index contributed by atoms with van der Waals surface area (Å²) in [6.45, 7) is 8.52. The number of rotatable bonds is 4. The first kappa shape index (κ1) is 15.7. The van der Waals surface area contributed by atoms with Gasteiger partial charge in [-0.25, -0.2) is 0 Å². The van der Waals surface area contributed by atoms with Crippen molar-refractivity contribution in [1.29, 1.82) is 0 Å². The quantitative estimate of drug-likeness (QED) is 0.802. The molecule has 22 heavy (non-hydrogen) atoms. The predicted molar refractivity (Wildman–Crippen MR) is 87.2 cm³/mol. The molecule has 1 heterocycles. The average Bonchev–Trinajstić information content (AvgIpc) is 2.67. The maximum atomic E-state index is 6.20. The Balaban J connectivity index is 1.99. The van der Waals surface area contributed by atoms with Crippen LogP contribution < -0.4 is 14.9 Å². The number of ether oxygens (including phenoxy) is 2. The number of benzene rings is 1. The third kappa shape index (κ3) is 2.14. The van der Waals surface area contributed by atoms with Gasteiger partial charge in [-0.15, -0.1) is 0 Å². The van der Waals surface area contributed by atoms with Gasteiger partial charge in [0.05, 0.1) is 25.4 Å². The molecule has 2 unspecified atom stereocenters. The fraction of sp³-hybridized carbons (Fsp3) is 0.647. The van der Waals surface area contributed by atoms with Gasteiger partial charge in [-0.2, -0.15) is 0 Å². The Kier molecular flexibility index (Phi) is 3.69. The Hall–Kier alpha value is -1.20. The molecule has 0 aromatic heterocycles. The van der Waals surface area contributed by atoms with Crippen molar-refractivity contribution < 1.29 is 18.8 Å². The zero-order valence-corrected chi connectivity index (χ0v) is 14.4. The molecule has 1 saturated carbocycles. The summed E-state index contributed by atoms with van der Waals surface area (Å²) in [6, 6.07) is 4.03. The second-order valence-corrected chi connectivity index (χ2v) is 7.02. The van der Waals surface area contributed by atoms with Gasteiger partial charge in [-0.05, 0) is 50.2 Å². The third-order valence-corrected chi connectivity index (χ3v) is 5.35. The van der Waals surface area contributed by atoms with E-state index in [1.54, 1.807) is 14.2 Å². The molecule has 0 bridgehead atoms. The van der Waals surface area contributed by atoms with Crippen molar-refractivity contribution in [2.75, 3.05) is 14.2 Å². The number of methoxy groups -OCH3 is 2. The summed E-state index contributed by atoms with van der Waals surface area (Å²) in [6.07, 6.45) is 2.08. The van der Waals surface area contributed by atoms with E-state index < -0.39 is 0 Å². The zero-order chi connectivity index (χ0) is 16.1. The molecule has 3 rings (SSSR count). The number of hydrogen-bond donors (Lipinski definition) is 0. The molecular weight excluding hydrogens is 279 g/mol. The molecule has 0 N–H and O–H groups in total. The van der Waals surface area contributed by atoms with Crippen LogP contribution in [-0.4, -0.2) is 32.5 Å². The van der Waals surface area contributed by atoms with Crippen LogP contribution in [-0.2, 0) is 9.31 Å². The monoisotopic (exact) mass is 304 g/mol. The van der Waals surface area contributed by atoms with Gasteiger partial charge in [-0.3, -0.25) is 0 Å². The van der Waals surface area contributed by atoms with Crippen LogP contribution in [0.25, 0.3) is 0 Å². The molecule has 0 radical (unpaired) electrons. The summed E-state index contributed by atoms with van der Waals surface area (Å²) in [7, 11) is 3.02. The topological polar surface area (TPSA) is 36.9 Å². The first-order chi connectivity index (χ1) is 10.3. The number of hydrogen-bond acceptors (Lipinski definition) is 4. The van der Waals surface area contributed by atoms with Crippen molar-refractivity contribution in [2.24, 2.45) is 0 Å². The summed E-state index contributed by atoms with van der Waals surface area (Å²) in [5.41, 5.74) is 1.66. The van der Waals surface area contributed by atoms with Crippen LogP contribution in [0.3, 0.4) is 0 Å². The third-order valence-electron chi connectivity index (χ3n) is 5.35. The molecule has 2 aliphatic rings. The maximum Gasteiger partial charge on any atom is 0.495 e. The minimum atomic E-state index is -0.360. The predicted octanol–water partition coefficient (Wildman–Crippen LogP) is 2.88. The molecule has 1 saturated heterocycles. The van der Waals surface area contributed by atoms with Gasteiger partial charge >= 0.3 is 7.12 Å². The lowest BCUT2D eigenvalue weighted by atomic mass is 9.68. The van der Waals surface area contributed by atoms with Crippen molar-refractivity contribution in [2.45, 2.75) is 57.7 Å². The molecule has 1 aromatic rings. The summed E-state index contributed by atoms with van der Waals surface area (Å²) >= 11 is 0. The Labute approximate surface area is 133 Å². The van der Waals surface area contributed by atoms with E-state index in [0.717, 1.165) is 35.4 Å². The van der Waals surface area contributed by atoms with Crippen molar-refractivity contribution >= 4 is 12.6 Å². The van der Waals surface area contributed by atoms with Crippen molar-refractivity contribution in [3.63, 3.8) is 0 Å². The van der Waals surface area contributed by atoms with Gasteiger partial charge in [0, 0.05) is 5.56 Å². The molecular formula is C17H25BO4. The fourth-order valence-corrected chi connectivity index (χ4v) is 3.49. The highest BCUT2D eigenvalue weighted by Crippen LogP contribution is 2.52. The molecule has 2 fully saturated rings. The highest BCUT2D eigenvalue weighted by molar-refractivity contribution is 6.62. The van der Waals surface area contributed by atoms with Crippen LogP contribution in [0.2, 0.25) is 0 Å². The summed E-state index contributed by atoms with van der Waals surface area (Å²) in [5.74, 6) is 1.97. The lowest BCUT2D eigenvalue weighted by Gasteiger charge is -2.49. The zero-order valence-electron chi connectivity index (χ0n) is 14.4. The highest BCUT2D eigenvalue weighted by Gasteiger charge is 2.63. The van der Waals surface area contributed by atoms with Crippen molar-refractivity contribution in [3.05, 3.63) is 17.7 Å². The minimum absolute atomic E-state index is 0.186. The van der Waals surface area contributed by atoms with E-state index in [2.05, 4.69) is 27.7 Å². The highest BCUT2D eigenvalue weighted by atomic mass is 16.7. The normalized spacial score (nSPS) is 30.2. The molecule has 5 heteroatoms. The van der Waals surface area contributed by atoms with Crippen LogP contribution in [0.5, 0.6) is 11.5 Å². The van der Waals surface area contributed by atoms with Crippen LogP contribution in [0.4, 0.5) is 0 Å². The summed E-state index contributed by atoms with van der Waals surface area (Å²) in [5, 5.41) is 0. The smallest absolute Gasteiger partial charge is 0.495 e. The van der Waals surface area contributed by atoms with Crippen LogP contribution in [0.1, 0.15) is 52.0 Å². The molecule has 1 aromatic carbocycles. The van der Waals surface area contributed by atoms with E-state index in [1.807, 2.05) is 12.1 Å². The Bertz CT molecular complexity index is 545. The average molecular weight is 304 g/mol. The second kappa shape index (κ2) is 5.17. The molecule has 1 aliphatic carbocycles. The Morgan fingerprint density at radius 3 is 1.77 bits per heavy atom. The van der Waals surface area contributed by atoms with E-state index in [4.69, 9.17) is 18.8 Å². The Morgan fingerprint density at radius 1 is 1.00 bits per heavy atom. The van der Waals surface area contributed by atoms with Gasteiger partial charge in [0.2, 0.25) is 0 Å². The van der Waals surface area contributed by atoms with E-state index in [-0.39, 0.29) is 18.3 Å². The largest absolute Gasteiger partial charge is 0.496 e. The molecule has 2 atom stereocenters. The maximum absolute atomic E-state index is 6.20. The van der Waals surface area contributed by atoms with Crippen molar-refractivity contribution in [3.8, 4) is 11.5 Å². The molecule has 1 aliphatic heterocycles. The molecule has 0 spiro atoms. The van der Waals surface area contributed by atoms with Gasteiger partial charge in [0.25, 0.3) is 0 Å². The SMILES string of the molecule is COc1cc(B2OC3(C)CCC3(C)O2)cc(OC)c1C(C)C. The molecule has 4 nitrogen and oxygen atoms in total. The standard InChI is InChI=1S/C17H25BO4/c1-11(2)15-13(19-5)9-12(10-14(15)20-6)18-21-16(3)7-8-17(16,4)22-18/h9-11H,7-8H2,1-6H3. The Morgan fingerprint density at radius 2 is 1.45 bits per heavy atom. The van der Waals surface area contributed by atoms with Gasteiger partial charge < -0.3 is 18.8 Å². The van der Waals surface area contributed by atoms with Gasteiger partial charge in [0.1, 0.15) is 11.5 Å². The number of fused-ring (bicyclic) bond motifs is 1. The van der Waals surface area contributed by atoms with E-state index in [9.17, 15) is 0 Å². The summed E-state index contributed by atoms with van der Waals surface area (Å²) in [4.78, 5) is 0. The summed E-state index contributed by atoms with van der Waals surface area (Å²) < 4.78 is 23.6. The minimum Gasteiger partial charge on any atom is -0.496 e. The van der Waals surface area contributed by atoms with Gasteiger partial charge in [-0.1, -0.05) is 13.8 Å². The second-order valence-electron chi connectivity index (χ2n) is 7.02. The molecule has 0 amide bonds. The van der Waals surface area contributed by atoms with E-state index in [0.29, 0.717) is 5.92 Å².